The monoisotopic (exact) mass is 354 g/mol. The SMILES string of the molecule is CC(C)(C)c1ccc(-c2ccc3nc(N)nc(-c4ccccc4)c3n2)cc1. The molecule has 4 nitrogen and oxygen atoms in total. The smallest absolute Gasteiger partial charge is 0.221 e. The van der Waals surface area contributed by atoms with Crippen molar-refractivity contribution in [3.8, 4) is 22.5 Å². The van der Waals surface area contributed by atoms with Crippen LogP contribution in [0.4, 0.5) is 5.95 Å². The first-order valence-corrected chi connectivity index (χ1v) is 9.02. The van der Waals surface area contributed by atoms with E-state index in [1.165, 1.54) is 5.56 Å². The number of nitrogen functional groups attached to an aromatic ring is 1. The number of anilines is 1. The second-order valence-electron chi connectivity index (χ2n) is 7.69. The third kappa shape index (κ3) is 3.38. The lowest BCUT2D eigenvalue weighted by Crippen LogP contribution is -2.10. The van der Waals surface area contributed by atoms with E-state index in [1.807, 2.05) is 42.5 Å². The number of aromatic nitrogens is 3. The van der Waals surface area contributed by atoms with E-state index in [0.717, 1.165) is 33.5 Å². The van der Waals surface area contributed by atoms with Crippen LogP contribution in [0.15, 0.2) is 66.7 Å². The first-order chi connectivity index (χ1) is 12.9. The Balaban J connectivity index is 1.86. The van der Waals surface area contributed by atoms with Gasteiger partial charge in [-0.1, -0.05) is 75.4 Å². The minimum Gasteiger partial charge on any atom is -0.368 e. The highest BCUT2D eigenvalue weighted by Gasteiger charge is 2.14. The summed E-state index contributed by atoms with van der Waals surface area (Å²) in [6, 6.07) is 22.5. The number of benzene rings is 2. The largest absolute Gasteiger partial charge is 0.368 e. The third-order valence-electron chi connectivity index (χ3n) is 4.65. The highest BCUT2D eigenvalue weighted by atomic mass is 15.0. The molecule has 4 aromatic rings. The van der Waals surface area contributed by atoms with Gasteiger partial charge >= 0.3 is 0 Å². The molecule has 0 unspecified atom stereocenters. The molecule has 0 atom stereocenters. The molecule has 4 heteroatoms. The predicted octanol–water partition coefficient (Wildman–Crippen LogP) is 5.24. The van der Waals surface area contributed by atoms with Crippen LogP contribution in [0, 0.1) is 0 Å². The standard InChI is InChI=1S/C23H22N4/c1-23(2,3)17-11-9-15(10-12-17)18-13-14-19-21(25-18)20(27-22(24)26-19)16-7-5-4-6-8-16/h4-14H,1-3H3,(H2,24,26,27). The number of nitrogens with two attached hydrogens (primary N) is 1. The normalized spacial score (nSPS) is 11.7. The Morgan fingerprint density at radius 3 is 2.07 bits per heavy atom. The number of hydrogen-bond acceptors (Lipinski definition) is 4. The van der Waals surface area contributed by atoms with Crippen LogP contribution >= 0.6 is 0 Å². The van der Waals surface area contributed by atoms with Crippen molar-refractivity contribution in [2.45, 2.75) is 26.2 Å². The van der Waals surface area contributed by atoms with Gasteiger partial charge in [0, 0.05) is 11.1 Å². The van der Waals surface area contributed by atoms with Crippen molar-refractivity contribution in [3.05, 3.63) is 72.3 Å². The molecule has 0 aliphatic rings. The maximum Gasteiger partial charge on any atom is 0.221 e. The molecular weight excluding hydrogens is 332 g/mol. The van der Waals surface area contributed by atoms with Crippen LogP contribution in [0.25, 0.3) is 33.5 Å². The van der Waals surface area contributed by atoms with E-state index in [-0.39, 0.29) is 11.4 Å². The summed E-state index contributed by atoms with van der Waals surface area (Å²) >= 11 is 0. The predicted molar refractivity (Wildman–Crippen MR) is 111 cm³/mol. The molecule has 27 heavy (non-hydrogen) atoms. The third-order valence-corrected chi connectivity index (χ3v) is 4.65. The van der Waals surface area contributed by atoms with Crippen LogP contribution < -0.4 is 5.73 Å². The van der Waals surface area contributed by atoms with Crippen LogP contribution in [-0.4, -0.2) is 15.0 Å². The van der Waals surface area contributed by atoms with Gasteiger partial charge in [-0.2, -0.15) is 0 Å². The summed E-state index contributed by atoms with van der Waals surface area (Å²) < 4.78 is 0. The fraction of sp³-hybridized carbons (Fsp3) is 0.174. The van der Waals surface area contributed by atoms with Crippen molar-refractivity contribution in [3.63, 3.8) is 0 Å². The van der Waals surface area contributed by atoms with E-state index in [4.69, 9.17) is 10.7 Å². The van der Waals surface area contributed by atoms with Gasteiger partial charge in [0.2, 0.25) is 5.95 Å². The Bertz CT molecular complexity index is 1090. The van der Waals surface area contributed by atoms with Crippen molar-refractivity contribution in [2.24, 2.45) is 0 Å². The maximum absolute atomic E-state index is 5.92. The highest BCUT2D eigenvalue weighted by Crippen LogP contribution is 2.29. The quantitative estimate of drug-likeness (QED) is 0.535. The fourth-order valence-electron chi connectivity index (χ4n) is 3.13. The van der Waals surface area contributed by atoms with Crippen molar-refractivity contribution >= 4 is 17.0 Å². The van der Waals surface area contributed by atoms with Gasteiger partial charge in [0.05, 0.1) is 11.2 Å². The Labute approximate surface area is 159 Å². The van der Waals surface area contributed by atoms with Crippen molar-refractivity contribution in [1.29, 1.82) is 0 Å². The molecule has 2 aromatic heterocycles. The second kappa shape index (κ2) is 6.47. The summed E-state index contributed by atoms with van der Waals surface area (Å²) in [5, 5.41) is 0. The number of fused-ring (bicyclic) bond motifs is 1. The molecule has 0 bridgehead atoms. The second-order valence-corrected chi connectivity index (χ2v) is 7.69. The van der Waals surface area contributed by atoms with Gasteiger partial charge < -0.3 is 5.73 Å². The number of hydrogen-bond donors (Lipinski definition) is 1. The molecule has 0 fully saturated rings. The van der Waals surface area contributed by atoms with E-state index < -0.39 is 0 Å². The molecule has 0 radical (unpaired) electrons. The van der Waals surface area contributed by atoms with Crippen LogP contribution in [0.3, 0.4) is 0 Å². The summed E-state index contributed by atoms with van der Waals surface area (Å²) in [6.07, 6.45) is 0. The van der Waals surface area contributed by atoms with E-state index in [2.05, 4.69) is 55.0 Å². The summed E-state index contributed by atoms with van der Waals surface area (Å²) in [7, 11) is 0. The summed E-state index contributed by atoms with van der Waals surface area (Å²) in [5.41, 5.74) is 12.5. The minimum absolute atomic E-state index is 0.126. The van der Waals surface area contributed by atoms with Gasteiger partial charge in [-0.3, -0.25) is 0 Å². The zero-order chi connectivity index (χ0) is 19.0. The van der Waals surface area contributed by atoms with Gasteiger partial charge in [0.1, 0.15) is 11.2 Å². The number of pyridine rings is 1. The molecule has 0 saturated carbocycles. The zero-order valence-electron chi connectivity index (χ0n) is 15.8. The molecule has 2 heterocycles. The van der Waals surface area contributed by atoms with E-state index in [0.29, 0.717) is 0 Å². The maximum atomic E-state index is 5.92. The Morgan fingerprint density at radius 2 is 1.41 bits per heavy atom. The van der Waals surface area contributed by atoms with E-state index in [9.17, 15) is 0 Å². The van der Waals surface area contributed by atoms with E-state index in [1.54, 1.807) is 0 Å². The summed E-state index contributed by atoms with van der Waals surface area (Å²) in [4.78, 5) is 13.7. The fourth-order valence-corrected chi connectivity index (χ4v) is 3.13. The molecule has 4 rings (SSSR count). The van der Waals surface area contributed by atoms with Gasteiger partial charge in [-0.25, -0.2) is 15.0 Å². The molecule has 0 aliphatic heterocycles. The first-order valence-electron chi connectivity index (χ1n) is 9.02. The van der Waals surface area contributed by atoms with Crippen LogP contribution in [0.5, 0.6) is 0 Å². The van der Waals surface area contributed by atoms with Crippen molar-refractivity contribution < 1.29 is 0 Å². The molecular formula is C23H22N4. The Morgan fingerprint density at radius 1 is 0.704 bits per heavy atom. The topological polar surface area (TPSA) is 64.7 Å². The van der Waals surface area contributed by atoms with Gasteiger partial charge in [0.25, 0.3) is 0 Å². The van der Waals surface area contributed by atoms with Crippen LogP contribution in [0.2, 0.25) is 0 Å². The highest BCUT2D eigenvalue weighted by molar-refractivity contribution is 5.91. The minimum atomic E-state index is 0.126. The average molecular weight is 354 g/mol. The Kier molecular flexibility index (Phi) is 4.11. The van der Waals surface area contributed by atoms with Crippen LogP contribution in [0.1, 0.15) is 26.3 Å². The average Bonchev–Trinajstić information content (AvgIpc) is 2.67. The summed E-state index contributed by atoms with van der Waals surface area (Å²) in [5.74, 6) is 0.255. The number of nitrogens with zero attached hydrogens (tertiary/aromatic N) is 3. The zero-order valence-corrected chi connectivity index (χ0v) is 15.8. The van der Waals surface area contributed by atoms with E-state index >= 15 is 0 Å². The molecule has 0 saturated heterocycles. The molecule has 2 N–H and O–H groups in total. The molecule has 0 aliphatic carbocycles. The van der Waals surface area contributed by atoms with Crippen molar-refractivity contribution in [2.75, 3.05) is 5.73 Å². The van der Waals surface area contributed by atoms with Gasteiger partial charge in [-0.15, -0.1) is 0 Å². The lowest BCUT2D eigenvalue weighted by atomic mass is 9.86. The molecule has 134 valence electrons. The lowest BCUT2D eigenvalue weighted by molar-refractivity contribution is 0.590. The molecule has 0 amide bonds. The number of rotatable bonds is 2. The summed E-state index contributed by atoms with van der Waals surface area (Å²) in [6.45, 7) is 6.64. The van der Waals surface area contributed by atoms with Crippen molar-refractivity contribution in [1.82, 2.24) is 15.0 Å². The molecule has 0 spiro atoms. The lowest BCUT2D eigenvalue weighted by Gasteiger charge is -2.19. The first kappa shape index (κ1) is 17.2. The van der Waals surface area contributed by atoms with Gasteiger partial charge in [-0.05, 0) is 23.1 Å². The van der Waals surface area contributed by atoms with Crippen LogP contribution in [-0.2, 0) is 5.41 Å². The van der Waals surface area contributed by atoms with Gasteiger partial charge in [0.15, 0.2) is 0 Å². The Hall–Kier alpha value is -3.27. The molecule has 2 aromatic carbocycles.